The number of para-hydroxylation sites is 2. The summed E-state index contributed by atoms with van der Waals surface area (Å²) in [6.45, 7) is 0. The Balaban J connectivity index is 1.62. The average molecular weight is 379 g/mol. The van der Waals surface area contributed by atoms with Gasteiger partial charge in [0.05, 0.1) is 29.9 Å². The number of benzene rings is 3. The van der Waals surface area contributed by atoms with Gasteiger partial charge in [0.1, 0.15) is 5.75 Å². The van der Waals surface area contributed by atoms with Crippen molar-refractivity contribution < 1.29 is 4.74 Å². The molecule has 0 spiro atoms. The quantitative estimate of drug-likeness (QED) is 0.506. The molecule has 29 heavy (non-hydrogen) atoms. The summed E-state index contributed by atoms with van der Waals surface area (Å²) in [6, 6.07) is 25.7. The van der Waals surface area contributed by atoms with Gasteiger partial charge in [-0.25, -0.2) is 4.98 Å². The standard InChI is InChI=1S/C25H21N3O/c1-29-18-13-10-17(11-14-18)24-20-15-12-16-6-2-3-7-19(16)23(20)27-25-26-21-8-4-5-9-22(21)28(24)25/h2-11,13-14,24H,12,15H2,1H3,(H,26,27). The molecule has 1 aliphatic carbocycles. The number of hydrogen-bond donors (Lipinski definition) is 1. The number of aromatic nitrogens is 2. The van der Waals surface area contributed by atoms with E-state index in [0.717, 1.165) is 35.6 Å². The summed E-state index contributed by atoms with van der Waals surface area (Å²) in [4.78, 5) is 4.92. The summed E-state index contributed by atoms with van der Waals surface area (Å²) in [5.41, 5.74) is 8.76. The number of anilines is 1. The molecule has 4 nitrogen and oxygen atoms in total. The highest BCUT2D eigenvalue weighted by molar-refractivity contribution is 5.88. The number of ether oxygens (including phenoxy) is 1. The molecule has 0 bridgehead atoms. The van der Waals surface area contributed by atoms with Crippen LogP contribution >= 0.6 is 0 Å². The SMILES string of the molecule is COc1ccc(C2C3=C(Nc4nc5ccccc5n42)c2ccccc2CC3)cc1. The number of allylic oxidation sites excluding steroid dienone is 1. The molecule has 6 rings (SSSR count). The lowest BCUT2D eigenvalue weighted by atomic mass is 9.82. The minimum atomic E-state index is 0.118. The first-order valence-electron chi connectivity index (χ1n) is 10.0. The normalized spacial score (nSPS) is 17.3. The van der Waals surface area contributed by atoms with Crippen molar-refractivity contribution in [3.63, 3.8) is 0 Å². The van der Waals surface area contributed by atoms with Crippen molar-refractivity contribution >= 4 is 22.7 Å². The Morgan fingerprint density at radius 2 is 1.72 bits per heavy atom. The number of hydrogen-bond acceptors (Lipinski definition) is 3. The lowest BCUT2D eigenvalue weighted by Gasteiger charge is -2.35. The zero-order valence-electron chi connectivity index (χ0n) is 16.2. The van der Waals surface area contributed by atoms with Gasteiger partial charge in [0.2, 0.25) is 5.95 Å². The summed E-state index contributed by atoms with van der Waals surface area (Å²) >= 11 is 0. The summed E-state index contributed by atoms with van der Waals surface area (Å²) in [5, 5.41) is 3.67. The predicted molar refractivity (Wildman–Crippen MR) is 116 cm³/mol. The Morgan fingerprint density at radius 1 is 0.931 bits per heavy atom. The number of aryl methyl sites for hydroxylation is 1. The van der Waals surface area contributed by atoms with E-state index in [1.165, 1.54) is 28.0 Å². The van der Waals surface area contributed by atoms with E-state index in [0.29, 0.717) is 0 Å². The van der Waals surface area contributed by atoms with Gasteiger partial charge in [-0.15, -0.1) is 0 Å². The Kier molecular flexibility index (Phi) is 3.54. The molecule has 1 atom stereocenters. The van der Waals surface area contributed by atoms with Crippen LogP contribution < -0.4 is 10.1 Å². The Hall–Kier alpha value is -3.53. The molecule has 0 fully saturated rings. The largest absolute Gasteiger partial charge is 0.497 e. The van der Waals surface area contributed by atoms with Crippen LogP contribution in [0.2, 0.25) is 0 Å². The third-order valence-electron chi connectivity index (χ3n) is 6.12. The topological polar surface area (TPSA) is 39.1 Å². The second-order valence-electron chi connectivity index (χ2n) is 7.65. The van der Waals surface area contributed by atoms with E-state index in [2.05, 4.69) is 64.5 Å². The second kappa shape index (κ2) is 6.24. The average Bonchev–Trinajstić information content (AvgIpc) is 3.16. The molecule has 0 radical (unpaired) electrons. The van der Waals surface area contributed by atoms with Crippen molar-refractivity contribution in [3.8, 4) is 5.75 Å². The zero-order valence-corrected chi connectivity index (χ0v) is 16.2. The van der Waals surface area contributed by atoms with Crippen LogP contribution in [0.3, 0.4) is 0 Å². The number of imidazole rings is 1. The van der Waals surface area contributed by atoms with Crippen LogP contribution in [0.1, 0.15) is 29.2 Å². The number of rotatable bonds is 2. The van der Waals surface area contributed by atoms with Crippen molar-refractivity contribution in [1.29, 1.82) is 0 Å². The lowest BCUT2D eigenvalue weighted by Crippen LogP contribution is -2.26. The number of nitrogens with zero attached hydrogens (tertiary/aromatic N) is 2. The van der Waals surface area contributed by atoms with Crippen LogP contribution in [0.25, 0.3) is 16.7 Å². The molecule has 2 heterocycles. The van der Waals surface area contributed by atoms with Gasteiger partial charge >= 0.3 is 0 Å². The van der Waals surface area contributed by atoms with Gasteiger partial charge in [-0.3, -0.25) is 4.57 Å². The molecule has 0 amide bonds. The van der Waals surface area contributed by atoms with Crippen LogP contribution in [-0.4, -0.2) is 16.7 Å². The van der Waals surface area contributed by atoms with E-state index < -0.39 is 0 Å². The third-order valence-corrected chi connectivity index (χ3v) is 6.12. The Labute approximate surface area is 169 Å². The van der Waals surface area contributed by atoms with E-state index in [4.69, 9.17) is 9.72 Å². The highest BCUT2D eigenvalue weighted by Crippen LogP contribution is 2.46. The molecule has 1 aliphatic heterocycles. The zero-order chi connectivity index (χ0) is 19.4. The number of methoxy groups -OCH3 is 1. The first-order chi connectivity index (χ1) is 14.3. The minimum Gasteiger partial charge on any atom is -0.497 e. The van der Waals surface area contributed by atoms with Crippen molar-refractivity contribution in [2.24, 2.45) is 0 Å². The first-order valence-corrected chi connectivity index (χ1v) is 10.0. The fourth-order valence-electron chi connectivity index (χ4n) is 4.77. The van der Waals surface area contributed by atoms with Crippen molar-refractivity contribution in [1.82, 2.24) is 9.55 Å². The molecular formula is C25H21N3O. The summed E-state index contributed by atoms with van der Waals surface area (Å²) < 4.78 is 7.74. The van der Waals surface area contributed by atoms with Crippen molar-refractivity contribution in [3.05, 3.63) is 95.1 Å². The van der Waals surface area contributed by atoms with Gasteiger partial charge in [-0.1, -0.05) is 48.5 Å². The van der Waals surface area contributed by atoms with Gasteiger partial charge in [-0.2, -0.15) is 0 Å². The van der Waals surface area contributed by atoms with Gasteiger partial charge < -0.3 is 10.1 Å². The maximum atomic E-state index is 5.39. The maximum absolute atomic E-state index is 5.39. The molecule has 1 unspecified atom stereocenters. The molecule has 142 valence electrons. The van der Waals surface area contributed by atoms with Crippen LogP contribution in [0.4, 0.5) is 5.95 Å². The predicted octanol–water partition coefficient (Wildman–Crippen LogP) is 5.42. The molecule has 1 aromatic heterocycles. The van der Waals surface area contributed by atoms with E-state index >= 15 is 0 Å². The maximum Gasteiger partial charge on any atom is 0.209 e. The second-order valence-corrected chi connectivity index (χ2v) is 7.65. The van der Waals surface area contributed by atoms with Crippen LogP contribution in [0, 0.1) is 0 Å². The Bertz CT molecular complexity index is 1270. The van der Waals surface area contributed by atoms with Crippen LogP contribution in [0.5, 0.6) is 5.75 Å². The van der Waals surface area contributed by atoms with E-state index in [-0.39, 0.29) is 6.04 Å². The minimum absolute atomic E-state index is 0.118. The van der Waals surface area contributed by atoms with Gasteiger partial charge in [-0.05, 0) is 53.8 Å². The van der Waals surface area contributed by atoms with Crippen LogP contribution in [-0.2, 0) is 6.42 Å². The van der Waals surface area contributed by atoms with E-state index in [9.17, 15) is 0 Å². The molecule has 0 saturated carbocycles. The fraction of sp³-hybridized carbons (Fsp3) is 0.160. The summed E-state index contributed by atoms with van der Waals surface area (Å²) in [6.07, 6.45) is 2.09. The molecule has 2 aliphatic rings. The molecular weight excluding hydrogens is 358 g/mol. The Morgan fingerprint density at radius 3 is 2.59 bits per heavy atom. The molecule has 0 saturated heterocycles. The van der Waals surface area contributed by atoms with E-state index in [1.54, 1.807) is 7.11 Å². The molecule has 3 aromatic carbocycles. The van der Waals surface area contributed by atoms with E-state index in [1.807, 2.05) is 18.2 Å². The molecule has 1 N–H and O–H groups in total. The summed E-state index contributed by atoms with van der Waals surface area (Å²) in [7, 11) is 1.71. The van der Waals surface area contributed by atoms with Gasteiger partial charge in [0.15, 0.2) is 0 Å². The highest BCUT2D eigenvalue weighted by atomic mass is 16.5. The van der Waals surface area contributed by atoms with Gasteiger partial charge in [0.25, 0.3) is 0 Å². The number of nitrogens with one attached hydrogen (secondary N) is 1. The van der Waals surface area contributed by atoms with Crippen molar-refractivity contribution in [2.45, 2.75) is 18.9 Å². The van der Waals surface area contributed by atoms with Crippen LogP contribution in [0.15, 0.2) is 78.4 Å². The smallest absolute Gasteiger partial charge is 0.209 e. The molecule has 4 aromatic rings. The van der Waals surface area contributed by atoms with Crippen molar-refractivity contribution in [2.75, 3.05) is 12.4 Å². The highest BCUT2D eigenvalue weighted by Gasteiger charge is 2.34. The number of fused-ring (bicyclic) bond motifs is 5. The fourth-order valence-corrected chi connectivity index (χ4v) is 4.77. The van der Waals surface area contributed by atoms with Gasteiger partial charge in [0, 0.05) is 5.56 Å². The summed E-state index contributed by atoms with van der Waals surface area (Å²) in [5.74, 6) is 1.78. The first kappa shape index (κ1) is 16.4. The lowest BCUT2D eigenvalue weighted by molar-refractivity contribution is 0.414. The third kappa shape index (κ3) is 2.42. The monoisotopic (exact) mass is 379 g/mol. The molecule has 4 heteroatoms.